The molecule has 2 aliphatic heterocycles. The summed E-state index contributed by atoms with van der Waals surface area (Å²) in [6, 6.07) is 5.47. The summed E-state index contributed by atoms with van der Waals surface area (Å²) < 4.78 is 30.8. The lowest BCUT2D eigenvalue weighted by Gasteiger charge is -2.43. The van der Waals surface area contributed by atoms with Gasteiger partial charge in [0.05, 0.1) is 17.6 Å². The van der Waals surface area contributed by atoms with Gasteiger partial charge in [0.15, 0.2) is 15.6 Å². The molecular weight excluding hydrogens is 697 g/mol. The summed E-state index contributed by atoms with van der Waals surface area (Å²) in [7, 11) is -3.40. The number of carbonyl (C=O) groups excluding carboxylic acids is 5. The Morgan fingerprint density at radius 3 is 2.28 bits per heavy atom. The maximum atomic E-state index is 14.4. The first kappa shape index (κ1) is 40.4. The number of amides is 4. The third kappa shape index (κ3) is 10.1. The molecule has 0 radical (unpaired) electrons. The second-order valence-electron chi connectivity index (χ2n) is 16.3. The van der Waals surface area contributed by atoms with E-state index >= 15 is 0 Å². The van der Waals surface area contributed by atoms with Gasteiger partial charge in [-0.15, -0.1) is 0 Å². The highest BCUT2D eigenvalue weighted by molar-refractivity contribution is 7.92. The quantitative estimate of drug-likeness (QED) is 0.330. The number of ether oxygens (including phenoxy) is 1. The Labute approximate surface area is 314 Å². The van der Waals surface area contributed by atoms with Crippen molar-refractivity contribution in [3.63, 3.8) is 0 Å². The summed E-state index contributed by atoms with van der Waals surface area (Å²) in [6.07, 6.45) is 10.7. The number of hydrogen-bond donors (Lipinski definition) is 3. The zero-order chi connectivity index (χ0) is 38.4. The highest BCUT2D eigenvalue weighted by atomic mass is 32.2. The molecule has 2 heterocycles. The topological polar surface area (TPSA) is 168 Å². The van der Waals surface area contributed by atoms with Crippen molar-refractivity contribution in [2.24, 2.45) is 11.3 Å². The van der Waals surface area contributed by atoms with Gasteiger partial charge >= 0.3 is 6.09 Å². The van der Waals surface area contributed by atoms with Crippen LogP contribution in [0.25, 0.3) is 0 Å². The first-order valence-electron chi connectivity index (χ1n) is 19.5. The number of aryl methyl sites for hydroxylation is 2. The number of Topliss-reactive ketones (excluding diaryl/α,β-unsaturated/α-hetero) is 1. The van der Waals surface area contributed by atoms with Gasteiger partial charge in [-0.05, 0) is 67.9 Å². The van der Waals surface area contributed by atoms with Crippen LogP contribution in [-0.4, -0.2) is 90.7 Å². The van der Waals surface area contributed by atoms with Gasteiger partial charge in [0.25, 0.3) is 0 Å². The summed E-state index contributed by atoms with van der Waals surface area (Å²) in [5.41, 5.74) is 0.175. The number of benzene rings is 1. The maximum Gasteiger partial charge on any atom is 0.407 e. The summed E-state index contributed by atoms with van der Waals surface area (Å²) in [6.45, 7) is 7.57. The van der Waals surface area contributed by atoms with Crippen molar-refractivity contribution in [2.75, 3.05) is 18.9 Å². The lowest BCUT2D eigenvalue weighted by atomic mass is 9.69. The molecule has 292 valence electrons. The summed E-state index contributed by atoms with van der Waals surface area (Å²) in [4.78, 5) is 70.4. The Bertz CT molecular complexity index is 1670. The average Bonchev–Trinajstić information content (AvgIpc) is 3.89. The van der Waals surface area contributed by atoms with Gasteiger partial charge in [0.2, 0.25) is 17.7 Å². The van der Waals surface area contributed by atoms with E-state index in [2.05, 4.69) is 28.1 Å². The molecule has 1 aromatic carbocycles. The van der Waals surface area contributed by atoms with Crippen LogP contribution in [0.15, 0.2) is 36.4 Å². The van der Waals surface area contributed by atoms with Gasteiger partial charge in [-0.2, -0.15) is 0 Å². The summed E-state index contributed by atoms with van der Waals surface area (Å²) in [5, 5.41) is 8.36. The third-order valence-electron chi connectivity index (χ3n) is 11.2. The lowest BCUT2D eigenvalue weighted by molar-refractivity contribution is -0.143. The molecule has 0 aromatic heterocycles. The van der Waals surface area contributed by atoms with Gasteiger partial charge in [0, 0.05) is 31.3 Å². The smallest absolute Gasteiger partial charge is 0.407 e. The van der Waals surface area contributed by atoms with Crippen LogP contribution in [-0.2, 0) is 46.6 Å². The number of rotatable bonds is 8. The van der Waals surface area contributed by atoms with E-state index in [0.29, 0.717) is 32.1 Å². The molecular formula is C40H58N4O8S. The minimum atomic E-state index is -3.40. The number of ketones is 1. The number of hydrogen-bond acceptors (Lipinski definition) is 8. The van der Waals surface area contributed by atoms with E-state index in [9.17, 15) is 32.4 Å². The van der Waals surface area contributed by atoms with Gasteiger partial charge in [-0.3, -0.25) is 19.2 Å². The van der Waals surface area contributed by atoms with E-state index in [-0.39, 0.29) is 55.8 Å². The zero-order valence-corrected chi connectivity index (χ0v) is 32.6. The molecule has 0 spiro atoms. The molecule has 2 aliphatic carbocycles. The van der Waals surface area contributed by atoms with Crippen molar-refractivity contribution in [1.29, 1.82) is 0 Å². The molecule has 1 aromatic rings. The van der Waals surface area contributed by atoms with Crippen LogP contribution in [0.3, 0.4) is 0 Å². The number of alkyl carbamates (subject to hydrolysis) is 1. The monoisotopic (exact) mass is 754 g/mol. The Hall–Kier alpha value is -3.74. The molecule has 3 N–H and O–H groups in total. The fraction of sp³-hybridized carbons (Fsp3) is 0.675. The molecule has 2 fully saturated rings. The predicted octanol–water partition coefficient (Wildman–Crippen LogP) is 4.34. The van der Waals surface area contributed by atoms with E-state index in [1.807, 2.05) is 45.9 Å². The maximum absolute atomic E-state index is 14.4. The molecule has 13 heteroatoms. The van der Waals surface area contributed by atoms with Crippen molar-refractivity contribution < 1.29 is 37.1 Å². The van der Waals surface area contributed by atoms with E-state index in [1.165, 1.54) is 10.5 Å². The molecule has 4 aliphatic rings. The van der Waals surface area contributed by atoms with Crippen LogP contribution < -0.4 is 16.0 Å². The molecule has 5 atom stereocenters. The average molecular weight is 755 g/mol. The van der Waals surface area contributed by atoms with Crippen molar-refractivity contribution in [3.05, 3.63) is 47.5 Å². The van der Waals surface area contributed by atoms with Gasteiger partial charge in [0.1, 0.15) is 17.6 Å². The Morgan fingerprint density at radius 2 is 1.64 bits per heavy atom. The highest BCUT2D eigenvalue weighted by Crippen LogP contribution is 2.37. The molecule has 5 rings (SSSR count). The van der Waals surface area contributed by atoms with Crippen LogP contribution in [0.1, 0.15) is 109 Å². The molecule has 0 unspecified atom stereocenters. The number of cyclic esters (lactones) is 1. The second-order valence-corrected chi connectivity index (χ2v) is 18.7. The normalized spacial score (nSPS) is 28.0. The van der Waals surface area contributed by atoms with E-state index < -0.39 is 62.1 Å². The minimum absolute atomic E-state index is 0.0240. The molecule has 4 amide bonds. The number of carbonyl (C=O) groups is 5. The van der Waals surface area contributed by atoms with Crippen molar-refractivity contribution in [1.82, 2.24) is 20.9 Å². The molecule has 2 bridgehead atoms. The third-order valence-corrected chi connectivity index (χ3v) is 13.5. The first-order chi connectivity index (χ1) is 25.1. The SMILES string of the molecule is CC[C@@H]1C=C[C@]1(NC(=O)[C@@H]1C[C@@H]2CN1C(=O)[C@H](C(C)(C)C)NC(=O)OCCCCCCCc1ccccc1CCC(=O)N2)C(=O)CCS(=O)(=O)C1CC1. The Balaban J connectivity index is 1.38. The minimum Gasteiger partial charge on any atom is -0.450 e. The lowest BCUT2D eigenvalue weighted by Crippen LogP contribution is -2.65. The van der Waals surface area contributed by atoms with E-state index in [0.717, 1.165) is 37.7 Å². The standard InChI is InChI=1S/C40H58N4O8S/c1-5-29-20-22-40(29,33(45)21-24-53(50,51)31-17-18-31)43-36(47)32-25-30-26-44(32)37(48)35(39(2,3)4)42-38(49)52-23-12-8-6-7-9-13-27-14-10-11-15-28(27)16-19-34(46)41-30/h10-11,14-15,20,22,29-32,35H,5-9,12-13,16-19,21,23-26H2,1-4H3,(H,41,46)(H,42,49)(H,43,47)/t29-,30-,32+,35-,40-/m1/s1. The van der Waals surface area contributed by atoms with Crippen LogP contribution in [0.4, 0.5) is 4.79 Å². The zero-order valence-electron chi connectivity index (χ0n) is 31.8. The van der Waals surface area contributed by atoms with E-state index in [1.54, 1.807) is 6.08 Å². The highest BCUT2D eigenvalue weighted by Gasteiger charge is 2.52. The van der Waals surface area contributed by atoms with Crippen molar-refractivity contribution in [3.8, 4) is 0 Å². The fourth-order valence-corrected chi connectivity index (χ4v) is 9.48. The van der Waals surface area contributed by atoms with Crippen LogP contribution in [0.2, 0.25) is 0 Å². The fourth-order valence-electron chi connectivity index (χ4n) is 7.82. The summed E-state index contributed by atoms with van der Waals surface area (Å²) >= 11 is 0. The summed E-state index contributed by atoms with van der Waals surface area (Å²) in [5.74, 6) is -2.28. The van der Waals surface area contributed by atoms with E-state index in [4.69, 9.17) is 4.74 Å². The predicted molar refractivity (Wildman–Crippen MR) is 202 cm³/mol. The van der Waals surface area contributed by atoms with Gasteiger partial charge in [-0.1, -0.05) is 83.4 Å². The van der Waals surface area contributed by atoms with Crippen LogP contribution >= 0.6 is 0 Å². The molecule has 1 saturated heterocycles. The van der Waals surface area contributed by atoms with Gasteiger partial charge in [-0.25, -0.2) is 13.2 Å². The largest absolute Gasteiger partial charge is 0.450 e. The van der Waals surface area contributed by atoms with Crippen molar-refractivity contribution in [2.45, 2.75) is 140 Å². The number of nitrogens with one attached hydrogen (secondary N) is 3. The molecule has 1 saturated carbocycles. The van der Waals surface area contributed by atoms with Crippen molar-refractivity contribution >= 4 is 39.4 Å². The first-order valence-corrected chi connectivity index (χ1v) is 21.2. The Kier molecular flexibility index (Phi) is 13.1. The van der Waals surface area contributed by atoms with Crippen LogP contribution in [0, 0.1) is 11.3 Å². The molecule has 12 nitrogen and oxygen atoms in total. The number of nitrogens with zero attached hydrogens (tertiary/aromatic N) is 1. The van der Waals surface area contributed by atoms with Crippen LogP contribution in [0.5, 0.6) is 0 Å². The second kappa shape index (κ2) is 17.2. The number of sulfone groups is 1. The number of fused-ring (bicyclic) bond motifs is 3. The molecule has 53 heavy (non-hydrogen) atoms. The van der Waals surface area contributed by atoms with Gasteiger partial charge < -0.3 is 25.6 Å². The Morgan fingerprint density at radius 1 is 0.962 bits per heavy atom.